The Morgan fingerprint density at radius 3 is 2.65 bits per heavy atom. The Labute approximate surface area is 197 Å². The molecule has 0 atom stereocenters. The summed E-state index contributed by atoms with van der Waals surface area (Å²) in [4.78, 5) is 34.8. The maximum Gasteiger partial charge on any atom is 0.255 e. The highest BCUT2D eigenvalue weighted by atomic mass is 16.5. The Bertz CT molecular complexity index is 1390. The van der Waals surface area contributed by atoms with Gasteiger partial charge in [-0.3, -0.25) is 9.59 Å². The number of hydrogen-bond acceptors (Lipinski definition) is 4. The molecule has 0 spiro atoms. The van der Waals surface area contributed by atoms with Gasteiger partial charge < -0.3 is 19.9 Å². The number of nitrogens with zero attached hydrogens (tertiary/aromatic N) is 2. The number of para-hydroxylation sites is 1. The van der Waals surface area contributed by atoms with Crippen LogP contribution in [0, 0.1) is 0 Å². The van der Waals surface area contributed by atoms with E-state index in [2.05, 4.69) is 21.4 Å². The standard InChI is InChI=1S/C27H26N4O3/c1-3-25(32)30-23-10-9-17(13-21(23)27(33)31-11-6-12-31)18-14-20-22(16-29-26(20)28-15-18)19-7-4-5-8-24(19)34-2/h4-5,7-10,13-16H,3,6,11-12H2,1-2H3,(H,28,29)(H,30,32). The van der Waals surface area contributed by atoms with Gasteiger partial charge in [-0.25, -0.2) is 4.98 Å². The lowest BCUT2D eigenvalue weighted by Crippen LogP contribution is -2.42. The van der Waals surface area contributed by atoms with Gasteiger partial charge in [0.1, 0.15) is 11.4 Å². The summed E-state index contributed by atoms with van der Waals surface area (Å²) >= 11 is 0. The molecule has 34 heavy (non-hydrogen) atoms. The Kier molecular flexibility index (Phi) is 5.76. The van der Waals surface area contributed by atoms with Crippen molar-refractivity contribution in [2.45, 2.75) is 19.8 Å². The van der Waals surface area contributed by atoms with Gasteiger partial charge in [0, 0.05) is 54.0 Å². The molecular formula is C27H26N4O3. The maximum atomic E-state index is 13.1. The molecule has 2 N–H and O–H groups in total. The van der Waals surface area contributed by atoms with Crippen LogP contribution < -0.4 is 10.1 Å². The van der Waals surface area contributed by atoms with Gasteiger partial charge in [0.2, 0.25) is 5.91 Å². The first-order valence-electron chi connectivity index (χ1n) is 11.4. The predicted octanol–water partition coefficient (Wildman–Crippen LogP) is 5.10. The van der Waals surface area contributed by atoms with Gasteiger partial charge in [-0.2, -0.15) is 0 Å². The highest BCUT2D eigenvalue weighted by Gasteiger charge is 2.25. The quantitative estimate of drug-likeness (QED) is 0.424. The summed E-state index contributed by atoms with van der Waals surface area (Å²) < 4.78 is 5.56. The van der Waals surface area contributed by atoms with Crippen molar-refractivity contribution >= 4 is 28.5 Å². The lowest BCUT2D eigenvalue weighted by molar-refractivity contribution is -0.115. The van der Waals surface area contributed by atoms with Crippen LogP contribution in [0.15, 0.2) is 60.9 Å². The number of aromatic amines is 1. The minimum Gasteiger partial charge on any atom is -0.496 e. The summed E-state index contributed by atoms with van der Waals surface area (Å²) in [5.74, 6) is 0.597. The molecule has 3 heterocycles. The highest BCUT2D eigenvalue weighted by molar-refractivity contribution is 6.05. The summed E-state index contributed by atoms with van der Waals surface area (Å²) in [7, 11) is 1.66. The van der Waals surface area contributed by atoms with E-state index in [0.29, 0.717) is 17.7 Å². The Hall–Kier alpha value is -4.13. The first kappa shape index (κ1) is 21.7. The molecule has 0 bridgehead atoms. The molecule has 7 nitrogen and oxygen atoms in total. The van der Waals surface area contributed by atoms with Crippen molar-refractivity contribution in [3.63, 3.8) is 0 Å². The number of amides is 2. The summed E-state index contributed by atoms with van der Waals surface area (Å²) in [5.41, 5.74) is 5.52. The van der Waals surface area contributed by atoms with Crippen molar-refractivity contribution in [3.05, 3.63) is 66.5 Å². The molecule has 2 aromatic carbocycles. The zero-order valence-corrected chi connectivity index (χ0v) is 19.2. The number of aromatic nitrogens is 2. The zero-order valence-electron chi connectivity index (χ0n) is 19.2. The van der Waals surface area contributed by atoms with Gasteiger partial charge >= 0.3 is 0 Å². The minimum absolute atomic E-state index is 0.0649. The number of methoxy groups -OCH3 is 1. The number of benzene rings is 2. The smallest absolute Gasteiger partial charge is 0.255 e. The molecule has 1 aliphatic heterocycles. The molecule has 4 aromatic rings. The molecule has 7 heteroatoms. The molecule has 0 unspecified atom stereocenters. The van der Waals surface area contributed by atoms with E-state index in [1.807, 2.05) is 42.6 Å². The van der Waals surface area contributed by atoms with Crippen LogP contribution in [0.4, 0.5) is 5.69 Å². The number of carbonyl (C=O) groups excluding carboxylic acids is 2. The number of rotatable bonds is 6. The van der Waals surface area contributed by atoms with Gasteiger partial charge in [-0.1, -0.05) is 31.2 Å². The third-order valence-corrected chi connectivity index (χ3v) is 6.25. The molecule has 0 radical (unpaired) electrons. The average molecular weight is 455 g/mol. The molecule has 5 rings (SSSR count). The van der Waals surface area contributed by atoms with Gasteiger partial charge in [0.05, 0.1) is 18.4 Å². The van der Waals surface area contributed by atoms with Crippen LogP contribution in [0.25, 0.3) is 33.3 Å². The van der Waals surface area contributed by atoms with E-state index in [4.69, 9.17) is 4.74 Å². The van der Waals surface area contributed by atoms with E-state index in [1.165, 1.54) is 0 Å². The third kappa shape index (κ3) is 3.90. The van der Waals surface area contributed by atoms with Crippen molar-refractivity contribution in [2.75, 3.05) is 25.5 Å². The van der Waals surface area contributed by atoms with Crippen LogP contribution in [0.2, 0.25) is 0 Å². The number of likely N-dealkylation sites (tertiary alicyclic amines) is 1. The summed E-state index contributed by atoms with van der Waals surface area (Å²) in [5, 5.41) is 3.83. The van der Waals surface area contributed by atoms with Crippen LogP contribution in [0.3, 0.4) is 0 Å². The van der Waals surface area contributed by atoms with Gasteiger partial charge in [-0.15, -0.1) is 0 Å². The first-order chi connectivity index (χ1) is 16.6. The van der Waals surface area contributed by atoms with Crippen molar-refractivity contribution in [2.24, 2.45) is 0 Å². The van der Waals surface area contributed by atoms with Crippen LogP contribution in [-0.2, 0) is 4.79 Å². The summed E-state index contributed by atoms with van der Waals surface area (Å²) in [6.07, 6.45) is 5.07. The SMILES string of the molecule is CCC(=O)Nc1ccc(-c2cnc3[nH]cc(-c4ccccc4OC)c3c2)cc1C(=O)N1CCC1. The number of carbonyl (C=O) groups is 2. The normalized spacial score (nSPS) is 12.9. The fraction of sp³-hybridized carbons (Fsp3) is 0.222. The lowest BCUT2D eigenvalue weighted by Gasteiger charge is -2.31. The van der Waals surface area contributed by atoms with Gasteiger partial charge in [0.15, 0.2) is 0 Å². The number of H-pyrrole nitrogens is 1. The first-order valence-corrected chi connectivity index (χ1v) is 11.4. The molecule has 2 amide bonds. The number of pyridine rings is 1. The number of hydrogen-bond donors (Lipinski definition) is 2. The topological polar surface area (TPSA) is 87.3 Å². The molecule has 1 saturated heterocycles. The predicted molar refractivity (Wildman–Crippen MR) is 133 cm³/mol. The van der Waals surface area contributed by atoms with Crippen LogP contribution >= 0.6 is 0 Å². The number of ether oxygens (including phenoxy) is 1. The van der Waals surface area contributed by atoms with Crippen molar-refractivity contribution < 1.29 is 14.3 Å². The lowest BCUT2D eigenvalue weighted by atomic mass is 9.99. The Morgan fingerprint density at radius 1 is 1.09 bits per heavy atom. The molecular weight excluding hydrogens is 428 g/mol. The molecule has 1 aliphatic rings. The maximum absolute atomic E-state index is 13.1. The molecule has 1 fully saturated rings. The molecule has 0 saturated carbocycles. The zero-order chi connectivity index (χ0) is 23.7. The molecule has 172 valence electrons. The minimum atomic E-state index is -0.123. The summed E-state index contributed by atoms with van der Waals surface area (Å²) in [6, 6.07) is 15.5. The van der Waals surface area contributed by atoms with E-state index in [0.717, 1.165) is 58.5 Å². The van der Waals surface area contributed by atoms with Crippen molar-refractivity contribution in [3.8, 4) is 28.0 Å². The number of fused-ring (bicyclic) bond motifs is 1. The second-order valence-electron chi connectivity index (χ2n) is 8.33. The van der Waals surface area contributed by atoms with Crippen LogP contribution in [-0.4, -0.2) is 46.9 Å². The molecule has 2 aromatic heterocycles. The van der Waals surface area contributed by atoms with Crippen molar-refractivity contribution in [1.29, 1.82) is 0 Å². The highest BCUT2D eigenvalue weighted by Crippen LogP contribution is 2.36. The summed E-state index contributed by atoms with van der Waals surface area (Å²) in [6.45, 7) is 3.27. The Balaban J connectivity index is 1.59. The second-order valence-corrected chi connectivity index (χ2v) is 8.33. The fourth-order valence-electron chi connectivity index (χ4n) is 4.19. The van der Waals surface area contributed by atoms with E-state index < -0.39 is 0 Å². The van der Waals surface area contributed by atoms with Crippen LogP contribution in [0.5, 0.6) is 5.75 Å². The fourth-order valence-corrected chi connectivity index (χ4v) is 4.19. The number of nitrogens with one attached hydrogen (secondary N) is 2. The van der Waals surface area contributed by atoms with Gasteiger partial charge in [0.25, 0.3) is 5.91 Å². The van der Waals surface area contributed by atoms with E-state index in [1.54, 1.807) is 31.2 Å². The second kappa shape index (κ2) is 9.02. The van der Waals surface area contributed by atoms with Gasteiger partial charge in [-0.05, 0) is 36.2 Å². The van der Waals surface area contributed by atoms with E-state index in [-0.39, 0.29) is 11.8 Å². The monoisotopic (exact) mass is 454 g/mol. The number of anilines is 1. The average Bonchev–Trinajstić information content (AvgIpc) is 3.26. The van der Waals surface area contributed by atoms with Crippen molar-refractivity contribution in [1.82, 2.24) is 14.9 Å². The van der Waals surface area contributed by atoms with Crippen LogP contribution in [0.1, 0.15) is 30.1 Å². The Morgan fingerprint density at radius 2 is 1.91 bits per heavy atom. The third-order valence-electron chi connectivity index (χ3n) is 6.25. The van der Waals surface area contributed by atoms with E-state index >= 15 is 0 Å². The molecule has 0 aliphatic carbocycles. The van der Waals surface area contributed by atoms with E-state index in [9.17, 15) is 9.59 Å². The largest absolute Gasteiger partial charge is 0.496 e.